The molecule has 0 aromatic carbocycles. The third-order valence-corrected chi connectivity index (χ3v) is 3.97. The Balaban J connectivity index is 2.02. The van der Waals surface area contributed by atoms with Crippen LogP contribution in [0.25, 0.3) is 0 Å². The molecule has 4 nitrogen and oxygen atoms in total. The van der Waals surface area contributed by atoms with Crippen molar-refractivity contribution < 1.29 is 5.11 Å². The van der Waals surface area contributed by atoms with Crippen LogP contribution in [-0.2, 0) is 12.0 Å². The van der Waals surface area contributed by atoms with Crippen molar-refractivity contribution in [2.45, 2.75) is 44.9 Å². The van der Waals surface area contributed by atoms with Gasteiger partial charge in [0.05, 0.1) is 5.69 Å². The van der Waals surface area contributed by atoms with Crippen LogP contribution in [0.2, 0.25) is 0 Å². The SMILES string of the molecule is CC1CNCC2Cc3ccc(C(C)(C)O)nc3N12. The second kappa shape index (κ2) is 3.93. The highest BCUT2D eigenvalue weighted by Crippen LogP contribution is 2.34. The summed E-state index contributed by atoms with van der Waals surface area (Å²) >= 11 is 0. The Hall–Kier alpha value is -1.13. The molecule has 2 aliphatic rings. The molecule has 2 atom stereocenters. The summed E-state index contributed by atoms with van der Waals surface area (Å²) in [4.78, 5) is 7.13. The van der Waals surface area contributed by atoms with Crippen molar-refractivity contribution in [3.8, 4) is 0 Å². The van der Waals surface area contributed by atoms with Gasteiger partial charge in [-0.1, -0.05) is 6.07 Å². The zero-order valence-corrected chi connectivity index (χ0v) is 11.3. The second-order valence-electron chi connectivity index (χ2n) is 6.01. The second-order valence-corrected chi connectivity index (χ2v) is 6.01. The molecule has 4 heteroatoms. The van der Waals surface area contributed by atoms with Gasteiger partial charge < -0.3 is 15.3 Å². The minimum absolute atomic E-state index is 0.467. The van der Waals surface area contributed by atoms with Gasteiger partial charge in [0.15, 0.2) is 0 Å². The van der Waals surface area contributed by atoms with E-state index in [-0.39, 0.29) is 0 Å². The lowest BCUT2D eigenvalue weighted by atomic mass is 10.0. The van der Waals surface area contributed by atoms with Gasteiger partial charge in [-0.05, 0) is 38.8 Å². The highest BCUT2D eigenvalue weighted by atomic mass is 16.3. The fraction of sp³-hybridized carbons (Fsp3) is 0.643. The van der Waals surface area contributed by atoms with E-state index in [4.69, 9.17) is 4.98 Å². The van der Waals surface area contributed by atoms with Gasteiger partial charge in [-0.15, -0.1) is 0 Å². The number of hydrogen-bond donors (Lipinski definition) is 2. The van der Waals surface area contributed by atoms with E-state index in [9.17, 15) is 5.11 Å². The number of hydrogen-bond acceptors (Lipinski definition) is 4. The van der Waals surface area contributed by atoms with Crippen molar-refractivity contribution >= 4 is 5.82 Å². The van der Waals surface area contributed by atoms with E-state index in [1.54, 1.807) is 13.8 Å². The zero-order chi connectivity index (χ0) is 12.9. The first kappa shape index (κ1) is 11.9. The van der Waals surface area contributed by atoms with Crippen molar-refractivity contribution in [1.29, 1.82) is 0 Å². The molecule has 0 amide bonds. The number of anilines is 1. The van der Waals surface area contributed by atoms with Crippen molar-refractivity contribution in [3.63, 3.8) is 0 Å². The summed E-state index contributed by atoms with van der Waals surface area (Å²) in [5.41, 5.74) is 1.20. The topological polar surface area (TPSA) is 48.4 Å². The highest BCUT2D eigenvalue weighted by molar-refractivity contribution is 5.56. The molecule has 1 aromatic heterocycles. The maximum absolute atomic E-state index is 10.1. The summed E-state index contributed by atoms with van der Waals surface area (Å²) in [5.74, 6) is 1.08. The Kier molecular flexibility index (Phi) is 2.61. The highest BCUT2D eigenvalue weighted by Gasteiger charge is 2.36. The molecule has 0 saturated carbocycles. The smallest absolute Gasteiger partial charge is 0.132 e. The number of pyridine rings is 1. The monoisotopic (exact) mass is 247 g/mol. The van der Waals surface area contributed by atoms with Gasteiger partial charge in [0.1, 0.15) is 11.4 Å². The van der Waals surface area contributed by atoms with Crippen LogP contribution in [0.15, 0.2) is 12.1 Å². The van der Waals surface area contributed by atoms with E-state index < -0.39 is 5.60 Å². The predicted octanol–water partition coefficient (Wildman–Crippen LogP) is 1.03. The largest absolute Gasteiger partial charge is 0.384 e. The van der Waals surface area contributed by atoms with Gasteiger partial charge in [0.25, 0.3) is 0 Å². The summed E-state index contributed by atoms with van der Waals surface area (Å²) < 4.78 is 0. The third kappa shape index (κ3) is 1.80. The Morgan fingerprint density at radius 3 is 2.89 bits per heavy atom. The van der Waals surface area contributed by atoms with Crippen LogP contribution in [0.4, 0.5) is 5.82 Å². The third-order valence-electron chi connectivity index (χ3n) is 3.97. The summed E-state index contributed by atoms with van der Waals surface area (Å²) in [5, 5.41) is 13.6. The number of piperazine rings is 1. The fourth-order valence-corrected chi connectivity index (χ4v) is 3.02. The Morgan fingerprint density at radius 2 is 2.17 bits per heavy atom. The fourth-order valence-electron chi connectivity index (χ4n) is 3.02. The molecule has 2 aliphatic heterocycles. The summed E-state index contributed by atoms with van der Waals surface area (Å²) in [6, 6.07) is 5.07. The summed E-state index contributed by atoms with van der Waals surface area (Å²) in [6.45, 7) is 7.83. The van der Waals surface area contributed by atoms with Crippen molar-refractivity contribution in [2.24, 2.45) is 0 Å². The van der Waals surface area contributed by atoms with Gasteiger partial charge in [0.2, 0.25) is 0 Å². The minimum Gasteiger partial charge on any atom is -0.384 e. The first-order valence-corrected chi connectivity index (χ1v) is 6.68. The molecule has 1 saturated heterocycles. The number of rotatable bonds is 1. The average molecular weight is 247 g/mol. The normalized spacial score (nSPS) is 27.0. The van der Waals surface area contributed by atoms with E-state index in [1.807, 2.05) is 6.07 Å². The predicted molar refractivity (Wildman–Crippen MR) is 71.8 cm³/mol. The van der Waals surface area contributed by atoms with Gasteiger partial charge >= 0.3 is 0 Å². The Morgan fingerprint density at radius 1 is 1.39 bits per heavy atom. The number of nitrogens with one attached hydrogen (secondary N) is 1. The lowest BCUT2D eigenvalue weighted by Gasteiger charge is -2.38. The van der Waals surface area contributed by atoms with Crippen LogP contribution >= 0.6 is 0 Å². The molecule has 1 fully saturated rings. The van der Waals surface area contributed by atoms with E-state index in [0.717, 1.165) is 31.0 Å². The standard InChI is InChI=1S/C14H21N3O/c1-9-7-15-8-11-6-10-4-5-12(14(2,3)18)16-13(10)17(9)11/h4-5,9,11,15,18H,6-8H2,1-3H3. The molecule has 2 unspecified atom stereocenters. The average Bonchev–Trinajstić information content (AvgIpc) is 2.66. The maximum atomic E-state index is 10.1. The molecule has 3 rings (SSSR count). The lowest BCUT2D eigenvalue weighted by molar-refractivity contribution is 0.0739. The number of fused-ring (bicyclic) bond motifs is 3. The zero-order valence-electron chi connectivity index (χ0n) is 11.3. The van der Waals surface area contributed by atoms with Crippen LogP contribution in [0, 0.1) is 0 Å². The molecule has 1 aromatic rings. The quantitative estimate of drug-likeness (QED) is 0.778. The molecule has 0 aliphatic carbocycles. The van der Waals surface area contributed by atoms with E-state index in [0.29, 0.717) is 12.1 Å². The Labute approximate surface area is 108 Å². The molecule has 0 radical (unpaired) electrons. The maximum Gasteiger partial charge on any atom is 0.132 e. The van der Waals surface area contributed by atoms with Crippen molar-refractivity contribution in [3.05, 3.63) is 23.4 Å². The molecular formula is C14H21N3O. The molecular weight excluding hydrogens is 226 g/mol. The molecule has 0 bridgehead atoms. The van der Waals surface area contributed by atoms with Crippen LogP contribution in [0.1, 0.15) is 32.0 Å². The van der Waals surface area contributed by atoms with Gasteiger partial charge in [0, 0.05) is 25.2 Å². The van der Waals surface area contributed by atoms with Gasteiger partial charge in [-0.2, -0.15) is 0 Å². The molecule has 2 N–H and O–H groups in total. The van der Waals surface area contributed by atoms with Gasteiger partial charge in [-0.3, -0.25) is 0 Å². The van der Waals surface area contributed by atoms with Crippen LogP contribution in [-0.4, -0.2) is 35.3 Å². The first-order chi connectivity index (χ1) is 8.47. The number of aliphatic hydroxyl groups is 1. The first-order valence-electron chi connectivity index (χ1n) is 6.68. The molecule has 98 valence electrons. The number of aromatic nitrogens is 1. The van der Waals surface area contributed by atoms with Crippen LogP contribution in [0.3, 0.4) is 0 Å². The number of nitrogens with zero attached hydrogens (tertiary/aromatic N) is 2. The molecule has 3 heterocycles. The Bertz CT molecular complexity index is 467. The summed E-state index contributed by atoms with van der Waals surface area (Å²) in [7, 11) is 0. The van der Waals surface area contributed by atoms with Crippen molar-refractivity contribution in [1.82, 2.24) is 10.3 Å². The minimum atomic E-state index is -0.871. The van der Waals surface area contributed by atoms with Crippen molar-refractivity contribution in [2.75, 3.05) is 18.0 Å². The van der Waals surface area contributed by atoms with E-state index in [2.05, 4.69) is 23.2 Å². The van der Waals surface area contributed by atoms with Crippen LogP contribution in [0.5, 0.6) is 0 Å². The van der Waals surface area contributed by atoms with E-state index in [1.165, 1.54) is 5.56 Å². The molecule has 18 heavy (non-hydrogen) atoms. The lowest BCUT2D eigenvalue weighted by Crippen LogP contribution is -2.55. The molecule has 0 spiro atoms. The summed E-state index contributed by atoms with van der Waals surface area (Å²) in [6.07, 6.45) is 1.06. The van der Waals surface area contributed by atoms with Gasteiger partial charge in [-0.25, -0.2) is 4.98 Å². The van der Waals surface area contributed by atoms with Crippen LogP contribution < -0.4 is 10.2 Å². The van der Waals surface area contributed by atoms with E-state index >= 15 is 0 Å².